The molecular formula is C21H27N3O5S. The molecule has 0 aliphatic carbocycles. The molecule has 162 valence electrons. The van der Waals surface area contributed by atoms with Crippen molar-refractivity contribution >= 4 is 23.2 Å². The molecule has 0 saturated carbocycles. The van der Waals surface area contributed by atoms with Crippen LogP contribution in [0.25, 0.3) is 0 Å². The van der Waals surface area contributed by atoms with Gasteiger partial charge in [0.2, 0.25) is 11.7 Å². The van der Waals surface area contributed by atoms with Gasteiger partial charge in [0.15, 0.2) is 11.5 Å². The zero-order valence-corrected chi connectivity index (χ0v) is 18.5. The highest BCUT2D eigenvalue weighted by Crippen LogP contribution is 2.39. The first-order chi connectivity index (χ1) is 14.5. The minimum absolute atomic E-state index is 0.0777. The van der Waals surface area contributed by atoms with Crippen LogP contribution in [0.2, 0.25) is 0 Å². The van der Waals surface area contributed by atoms with Crippen LogP contribution in [0.15, 0.2) is 23.7 Å². The van der Waals surface area contributed by atoms with E-state index in [1.54, 1.807) is 18.3 Å². The van der Waals surface area contributed by atoms with Crippen LogP contribution in [0, 0.1) is 5.92 Å². The van der Waals surface area contributed by atoms with Gasteiger partial charge in [-0.05, 0) is 30.9 Å². The zero-order valence-electron chi connectivity index (χ0n) is 17.6. The second kappa shape index (κ2) is 9.80. The van der Waals surface area contributed by atoms with Gasteiger partial charge in [-0.2, -0.15) is 0 Å². The largest absolute Gasteiger partial charge is 0.493 e. The second-order valence-electron chi connectivity index (χ2n) is 7.09. The van der Waals surface area contributed by atoms with Crippen LogP contribution in [-0.2, 0) is 4.79 Å². The third-order valence-corrected chi connectivity index (χ3v) is 6.14. The first kappa shape index (κ1) is 21.9. The number of nitrogens with zero attached hydrogens (tertiary/aromatic N) is 2. The van der Waals surface area contributed by atoms with E-state index in [0.717, 1.165) is 17.8 Å². The van der Waals surface area contributed by atoms with E-state index in [-0.39, 0.29) is 23.8 Å². The van der Waals surface area contributed by atoms with Gasteiger partial charge in [-0.1, -0.05) is 0 Å². The number of benzene rings is 1. The van der Waals surface area contributed by atoms with Crippen LogP contribution < -0.4 is 19.5 Å². The fraction of sp³-hybridized carbons (Fsp3) is 0.476. The fourth-order valence-electron chi connectivity index (χ4n) is 3.81. The van der Waals surface area contributed by atoms with E-state index in [1.165, 1.54) is 39.6 Å². The van der Waals surface area contributed by atoms with Crippen molar-refractivity contribution in [2.24, 2.45) is 5.92 Å². The Morgan fingerprint density at radius 1 is 1.13 bits per heavy atom. The highest BCUT2D eigenvalue weighted by Gasteiger charge is 2.32. The number of amides is 2. The molecule has 1 N–H and O–H groups in total. The first-order valence-corrected chi connectivity index (χ1v) is 10.6. The van der Waals surface area contributed by atoms with E-state index < -0.39 is 0 Å². The van der Waals surface area contributed by atoms with Gasteiger partial charge in [0.05, 0.1) is 27.4 Å². The fourth-order valence-corrected chi connectivity index (χ4v) is 4.59. The molecule has 3 rings (SSSR count). The van der Waals surface area contributed by atoms with Gasteiger partial charge in [0.1, 0.15) is 5.01 Å². The number of aromatic nitrogens is 1. The van der Waals surface area contributed by atoms with Gasteiger partial charge in [0, 0.05) is 37.2 Å². The summed E-state index contributed by atoms with van der Waals surface area (Å²) in [6, 6.07) is 3.22. The Labute approximate surface area is 180 Å². The van der Waals surface area contributed by atoms with Crippen molar-refractivity contribution < 1.29 is 23.8 Å². The molecule has 1 unspecified atom stereocenters. The topological polar surface area (TPSA) is 90.0 Å². The molecule has 1 fully saturated rings. The minimum atomic E-state index is -0.124. The molecule has 0 radical (unpaired) electrons. The van der Waals surface area contributed by atoms with Crippen LogP contribution in [-0.4, -0.2) is 56.1 Å². The molecule has 2 amide bonds. The Bertz CT molecular complexity index is 854. The standard InChI is InChI=1S/C21H27N3O5S/c1-13(25)23-18(20-22-7-10-30-20)14-5-8-24(9-6-14)21(26)15-11-16(27-2)19(29-4)17(12-15)28-3/h7,10-12,14,18H,5-6,8-9H2,1-4H3,(H,23,25). The number of carbonyl (C=O) groups excluding carboxylic acids is 2. The van der Waals surface area contributed by atoms with E-state index in [4.69, 9.17) is 14.2 Å². The predicted molar refractivity (Wildman–Crippen MR) is 113 cm³/mol. The highest BCUT2D eigenvalue weighted by molar-refractivity contribution is 7.09. The second-order valence-corrected chi connectivity index (χ2v) is 8.02. The summed E-state index contributed by atoms with van der Waals surface area (Å²) >= 11 is 1.54. The van der Waals surface area contributed by atoms with Gasteiger partial charge < -0.3 is 24.4 Å². The molecule has 9 heteroatoms. The number of ether oxygens (including phenoxy) is 3. The summed E-state index contributed by atoms with van der Waals surface area (Å²) < 4.78 is 16.1. The van der Waals surface area contributed by atoms with Crippen molar-refractivity contribution in [2.45, 2.75) is 25.8 Å². The monoisotopic (exact) mass is 433 g/mol. The normalized spacial score (nSPS) is 15.4. The summed E-state index contributed by atoms with van der Waals surface area (Å²) in [4.78, 5) is 31.0. The Morgan fingerprint density at radius 3 is 2.23 bits per heavy atom. The third kappa shape index (κ3) is 4.67. The van der Waals surface area contributed by atoms with Crippen molar-refractivity contribution in [1.82, 2.24) is 15.2 Å². The Balaban J connectivity index is 1.73. The average molecular weight is 434 g/mol. The van der Waals surface area contributed by atoms with Crippen LogP contribution in [0.4, 0.5) is 0 Å². The molecule has 1 atom stereocenters. The van der Waals surface area contributed by atoms with E-state index in [2.05, 4.69) is 10.3 Å². The molecule has 2 aromatic rings. The number of carbonyl (C=O) groups is 2. The van der Waals surface area contributed by atoms with E-state index >= 15 is 0 Å². The van der Waals surface area contributed by atoms with Gasteiger partial charge in [0.25, 0.3) is 5.91 Å². The molecule has 1 aromatic heterocycles. The van der Waals surface area contributed by atoms with Gasteiger partial charge in [-0.3, -0.25) is 9.59 Å². The first-order valence-electron chi connectivity index (χ1n) is 9.74. The molecule has 1 aliphatic rings. The summed E-state index contributed by atoms with van der Waals surface area (Å²) in [5, 5.41) is 5.84. The lowest BCUT2D eigenvalue weighted by Gasteiger charge is -2.35. The smallest absolute Gasteiger partial charge is 0.254 e. The van der Waals surface area contributed by atoms with Crippen LogP contribution in [0.1, 0.15) is 41.2 Å². The SMILES string of the molecule is COc1cc(C(=O)N2CCC(C(NC(C)=O)c3nccs3)CC2)cc(OC)c1OC. The number of piperidine rings is 1. The van der Waals surface area contributed by atoms with Crippen LogP contribution in [0.5, 0.6) is 17.2 Å². The van der Waals surface area contributed by atoms with Gasteiger partial charge >= 0.3 is 0 Å². The highest BCUT2D eigenvalue weighted by atomic mass is 32.1. The molecule has 0 spiro atoms. The Kier molecular flexibility index (Phi) is 7.15. The molecule has 8 nitrogen and oxygen atoms in total. The molecule has 30 heavy (non-hydrogen) atoms. The lowest BCUT2D eigenvalue weighted by molar-refractivity contribution is -0.120. The number of hydrogen-bond donors (Lipinski definition) is 1. The maximum absolute atomic E-state index is 13.1. The molecule has 2 heterocycles. The van der Waals surface area contributed by atoms with Crippen molar-refractivity contribution in [3.05, 3.63) is 34.3 Å². The van der Waals surface area contributed by atoms with Crippen molar-refractivity contribution in [3.63, 3.8) is 0 Å². The summed E-state index contributed by atoms with van der Waals surface area (Å²) in [5.41, 5.74) is 0.487. The summed E-state index contributed by atoms with van der Waals surface area (Å²) in [6.45, 7) is 2.72. The van der Waals surface area contributed by atoms with Gasteiger partial charge in [-0.25, -0.2) is 4.98 Å². The van der Waals surface area contributed by atoms with Gasteiger partial charge in [-0.15, -0.1) is 11.3 Å². The van der Waals surface area contributed by atoms with E-state index in [1.807, 2.05) is 10.3 Å². The van der Waals surface area contributed by atoms with Crippen LogP contribution >= 0.6 is 11.3 Å². The van der Waals surface area contributed by atoms with Crippen LogP contribution in [0.3, 0.4) is 0 Å². The van der Waals surface area contributed by atoms with Crippen molar-refractivity contribution in [1.29, 1.82) is 0 Å². The maximum Gasteiger partial charge on any atom is 0.254 e. The Morgan fingerprint density at radius 2 is 1.77 bits per heavy atom. The summed E-state index contributed by atoms with van der Waals surface area (Å²) in [5.74, 6) is 1.42. The number of likely N-dealkylation sites (tertiary alicyclic amines) is 1. The van der Waals surface area contributed by atoms with E-state index in [9.17, 15) is 9.59 Å². The number of thiazole rings is 1. The summed E-state index contributed by atoms with van der Waals surface area (Å²) in [7, 11) is 4.58. The zero-order chi connectivity index (χ0) is 21.7. The number of nitrogens with one attached hydrogen (secondary N) is 1. The lowest BCUT2D eigenvalue weighted by atomic mass is 9.89. The van der Waals surface area contributed by atoms with Crippen molar-refractivity contribution in [2.75, 3.05) is 34.4 Å². The Hall–Kier alpha value is -2.81. The number of rotatable bonds is 7. The minimum Gasteiger partial charge on any atom is -0.493 e. The maximum atomic E-state index is 13.1. The van der Waals surface area contributed by atoms with E-state index in [0.29, 0.717) is 35.9 Å². The quantitative estimate of drug-likeness (QED) is 0.722. The molecule has 1 saturated heterocycles. The lowest BCUT2D eigenvalue weighted by Crippen LogP contribution is -2.42. The predicted octanol–water partition coefficient (Wildman–Crippen LogP) is 2.90. The molecule has 0 bridgehead atoms. The third-order valence-electron chi connectivity index (χ3n) is 5.29. The molecule has 1 aliphatic heterocycles. The number of hydrogen-bond acceptors (Lipinski definition) is 7. The average Bonchev–Trinajstić information content (AvgIpc) is 3.30. The summed E-state index contributed by atoms with van der Waals surface area (Å²) in [6.07, 6.45) is 3.30. The number of methoxy groups -OCH3 is 3. The molecular weight excluding hydrogens is 406 g/mol. The van der Waals surface area contributed by atoms with Crippen molar-refractivity contribution in [3.8, 4) is 17.2 Å². The molecule has 1 aromatic carbocycles.